The molecule has 0 atom stereocenters. The zero-order valence-electron chi connectivity index (χ0n) is 10.5. The fraction of sp³-hybridized carbons (Fsp3) is 0.0769. The smallest absolute Gasteiger partial charge is 0.350 e. The minimum absolute atomic E-state index is 0.335. The van der Waals surface area contributed by atoms with Gasteiger partial charge in [0.15, 0.2) is 0 Å². The molecule has 0 unspecified atom stereocenters. The van der Waals surface area contributed by atoms with Gasteiger partial charge in [-0.25, -0.2) is 4.79 Å². The number of anilines is 2. The maximum absolute atomic E-state index is 12.2. The maximum Gasteiger partial charge on any atom is 0.350 e. The molecule has 1 heterocycles. The van der Waals surface area contributed by atoms with Gasteiger partial charge in [-0.1, -0.05) is 15.9 Å². The number of methoxy groups -OCH3 is 1. The Hall–Kier alpha value is -1.86. The van der Waals surface area contributed by atoms with Crippen LogP contribution in [0.2, 0.25) is 0 Å². The molecule has 104 valence electrons. The first-order valence-corrected chi connectivity index (χ1v) is 7.22. The van der Waals surface area contributed by atoms with Gasteiger partial charge in [0.25, 0.3) is 5.91 Å². The molecular formula is C13H11BrN2O3S. The van der Waals surface area contributed by atoms with Crippen LogP contribution in [0.15, 0.2) is 34.1 Å². The quantitative estimate of drug-likeness (QED) is 0.655. The Labute approximate surface area is 127 Å². The largest absolute Gasteiger partial charge is 0.465 e. The molecule has 0 radical (unpaired) electrons. The molecule has 0 saturated heterocycles. The number of nitrogens with two attached hydrogens (primary N) is 1. The van der Waals surface area contributed by atoms with Crippen molar-refractivity contribution in [3.05, 3.63) is 44.6 Å². The van der Waals surface area contributed by atoms with E-state index in [2.05, 4.69) is 26.0 Å². The number of amides is 1. The van der Waals surface area contributed by atoms with Crippen LogP contribution in [0.5, 0.6) is 0 Å². The Kier molecular flexibility index (Phi) is 4.41. The SMILES string of the molecule is COC(=O)c1sccc1NC(=O)c1cc(Br)ccc1N. The van der Waals surface area contributed by atoms with E-state index in [1.807, 2.05) is 0 Å². The van der Waals surface area contributed by atoms with E-state index in [0.29, 0.717) is 21.8 Å². The number of thiophene rings is 1. The van der Waals surface area contributed by atoms with E-state index < -0.39 is 5.97 Å². The molecule has 0 aliphatic rings. The van der Waals surface area contributed by atoms with Gasteiger partial charge in [0.1, 0.15) is 4.88 Å². The summed E-state index contributed by atoms with van der Waals surface area (Å²) in [6, 6.07) is 6.64. The second-order valence-electron chi connectivity index (χ2n) is 3.84. The fourth-order valence-electron chi connectivity index (χ4n) is 1.57. The van der Waals surface area contributed by atoms with Gasteiger partial charge in [0, 0.05) is 10.2 Å². The molecule has 3 N–H and O–H groups in total. The average molecular weight is 355 g/mol. The topological polar surface area (TPSA) is 81.4 Å². The van der Waals surface area contributed by atoms with Crippen molar-refractivity contribution >= 4 is 50.5 Å². The van der Waals surface area contributed by atoms with Gasteiger partial charge >= 0.3 is 5.97 Å². The fourth-order valence-corrected chi connectivity index (χ4v) is 2.70. The second-order valence-corrected chi connectivity index (χ2v) is 5.67. The van der Waals surface area contributed by atoms with Crippen LogP contribution in [-0.2, 0) is 4.74 Å². The highest BCUT2D eigenvalue weighted by atomic mass is 79.9. The summed E-state index contributed by atoms with van der Waals surface area (Å²) < 4.78 is 5.40. The van der Waals surface area contributed by atoms with Crippen molar-refractivity contribution in [1.29, 1.82) is 0 Å². The first-order valence-electron chi connectivity index (χ1n) is 5.55. The number of halogens is 1. The molecule has 2 rings (SSSR count). The molecule has 1 amide bonds. The predicted molar refractivity (Wildman–Crippen MR) is 82.2 cm³/mol. The number of carbonyl (C=O) groups is 2. The lowest BCUT2D eigenvalue weighted by Crippen LogP contribution is -2.15. The molecule has 1 aromatic heterocycles. The van der Waals surface area contributed by atoms with E-state index in [0.717, 1.165) is 4.47 Å². The van der Waals surface area contributed by atoms with Gasteiger partial charge < -0.3 is 15.8 Å². The number of carbonyl (C=O) groups excluding carboxylic acids is 2. The minimum atomic E-state index is -0.488. The number of nitrogens with one attached hydrogen (secondary N) is 1. The molecule has 5 nitrogen and oxygen atoms in total. The third-order valence-corrected chi connectivity index (χ3v) is 3.93. The maximum atomic E-state index is 12.2. The summed E-state index contributed by atoms with van der Waals surface area (Å²) in [5.41, 5.74) is 6.88. The van der Waals surface area contributed by atoms with Crippen LogP contribution in [-0.4, -0.2) is 19.0 Å². The van der Waals surface area contributed by atoms with Crippen molar-refractivity contribution in [2.24, 2.45) is 0 Å². The van der Waals surface area contributed by atoms with Crippen LogP contribution in [0.3, 0.4) is 0 Å². The Morgan fingerprint density at radius 3 is 2.80 bits per heavy atom. The molecular weight excluding hydrogens is 344 g/mol. The minimum Gasteiger partial charge on any atom is -0.465 e. The van der Waals surface area contributed by atoms with Crippen molar-refractivity contribution in [2.45, 2.75) is 0 Å². The van der Waals surface area contributed by atoms with Gasteiger partial charge in [0.05, 0.1) is 18.4 Å². The van der Waals surface area contributed by atoms with Crippen molar-refractivity contribution in [3.63, 3.8) is 0 Å². The molecule has 0 saturated carbocycles. The van der Waals surface area contributed by atoms with Crippen LogP contribution in [0, 0.1) is 0 Å². The summed E-state index contributed by atoms with van der Waals surface area (Å²) in [6.45, 7) is 0. The summed E-state index contributed by atoms with van der Waals surface area (Å²) >= 11 is 4.48. The standard InChI is InChI=1S/C13H11BrN2O3S/c1-19-13(18)11-10(4-5-20-11)16-12(17)8-6-7(14)2-3-9(8)15/h2-6H,15H2,1H3,(H,16,17). The monoisotopic (exact) mass is 354 g/mol. The number of hydrogen-bond donors (Lipinski definition) is 2. The summed E-state index contributed by atoms with van der Waals surface area (Å²) in [5, 5.41) is 4.36. The molecule has 0 spiro atoms. The van der Waals surface area contributed by atoms with Crippen molar-refractivity contribution in [2.75, 3.05) is 18.2 Å². The predicted octanol–water partition coefficient (Wildman–Crippen LogP) is 3.13. The highest BCUT2D eigenvalue weighted by molar-refractivity contribution is 9.10. The van der Waals surface area contributed by atoms with E-state index in [9.17, 15) is 9.59 Å². The van der Waals surface area contributed by atoms with E-state index >= 15 is 0 Å². The van der Waals surface area contributed by atoms with E-state index in [1.54, 1.807) is 29.6 Å². The number of rotatable bonds is 3. The Morgan fingerprint density at radius 2 is 2.10 bits per heavy atom. The Bertz CT molecular complexity index is 669. The number of nitrogen functional groups attached to an aromatic ring is 1. The van der Waals surface area contributed by atoms with Gasteiger partial charge in [-0.2, -0.15) is 0 Å². The van der Waals surface area contributed by atoms with E-state index in [-0.39, 0.29) is 5.91 Å². The van der Waals surface area contributed by atoms with Gasteiger partial charge in [-0.15, -0.1) is 11.3 Å². The van der Waals surface area contributed by atoms with Crippen LogP contribution >= 0.6 is 27.3 Å². The third-order valence-electron chi connectivity index (χ3n) is 2.54. The molecule has 0 bridgehead atoms. The molecule has 0 fully saturated rings. The Morgan fingerprint density at radius 1 is 1.35 bits per heavy atom. The normalized spacial score (nSPS) is 10.1. The van der Waals surface area contributed by atoms with Gasteiger partial charge in [-0.05, 0) is 29.6 Å². The highest BCUT2D eigenvalue weighted by Crippen LogP contribution is 2.25. The molecule has 2 aromatic rings. The number of hydrogen-bond acceptors (Lipinski definition) is 5. The Balaban J connectivity index is 2.26. The van der Waals surface area contributed by atoms with Crippen LogP contribution in [0.25, 0.3) is 0 Å². The summed E-state index contributed by atoms with van der Waals surface area (Å²) in [6.07, 6.45) is 0. The van der Waals surface area contributed by atoms with Crippen LogP contribution < -0.4 is 11.1 Å². The lowest BCUT2D eigenvalue weighted by atomic mass is 10.1. The second kappa shape index (κ2) is 6.06. The molecule has 7 heteroatoms. The van der Waals surface area contributed by atoms with Crippen LogP contribution in [0.1, 0.15) is 20.0 Å². The van der Waals surface area contributed by atoms with E-state index in [1.165, 1.54) is 18.4 Å². The number of ether oxygens (including phenoxy) is 1. The van der Waals surface area contributed by atoms with Crippen molar-refractivity contribution in [3.8, 4) is 0 Å². The zero-order chi connectivity index (χ0) is 14.7. The molecule has 0 aliphatic heterocycles. The molecule has 20 heavy (non-hydrogen) atoms. The lowest BCUT2D eigenvalue weighted by molar-refractivity contribution is 0.0607. The summed E-state index contributed by atoms with van der Waals surface area (Å²) in [5.74, 6) is -0.870. The number of esters is 1. The highest BCUT2D eigenvalue weighted by Gasteiger charge is 2.17. The first kappa shape index (κ1) is 14.5. The van der Waals surface area contributed by atoms with Crippen LogP contribution in [0.4, 0.5) is 11.4 Å². The number of benzene rings is 1. The van der Waals surface area contributed by atoms with Gasteiger partial charge in [-0.3, -0.25) is 4.79 Å². The lowest BCUT2D eigenvalue weighted by Gasteiger charge is -2.08. The first-order chi connectivity index (χ1) is 9.52. The van der Waals surface area contributed by atoms with E-state index in [4.69, 9.17) is 5.73 Å². The van der Waals surface area contributed by atoms with Crippen molar-refractivity contribution in [1.82, 2.24) is 0 Å². The summed E-state index contributed by atoms with van der Waals surface area (Å²) in [4.78, 5) is 24.1. The summed E-state index contributed by atoms with van der Waals surface area (Å²) in [7, 11) is 1.29. The van der Waals surface area contributed by atoms with Crippen molar-refractivity contribution < 1.29 is 14.3 Å². The third kappa shape index (κ3) is 3.00. The zero-order valence-corrected chi connectivity index (χ0v) is 12.9. The van der Waals surface area contributed by atoms with Gasteiger partial charge in [0.2, 0.25) is 0 Å². The average Bonchev–Trinajstić information content (AvgIpc) is 2.88. The molecule has 0 aliphatic carbocycles. The molecule has 1 aromatic carbocycles.